The standard InChI is InChI=1S/C18H22BrNOS/c1-3-20(4-2)12-14-10-16(19)11-15(18(14)21)13-22-17-8-6-5-7-9-17/h5-11,21H,3-4,12-13H2,1-2H3. The smallest absolute Gasteiger partial charge is 0.124 e. The molecule has 118 valence electrons. The van der Waals surface area contributed by atoms with Crippen LogP contribution in [0, 0.1) is 0 Å². The molecule has 2 rings (SSSR count). The highest BCUT2D eigenvalue weighted by Crippen LogP contribution is 2.33. The molecule has 0 aliphatic rings. The number of thioether (sulfide) groups is 1. The SMILES string of the molecule is CCN(CC)Cc1cc(Br)cc(CSc2ccccc2)c1O. The summed E-state index contributed by atoms with van der Waals surface area (Å²) < 4.78 is 1.02. The quantitative estimate of drug-likeness (QED) is 0.661. The van der Waals surface area contributed by atoms with E-state index in [1.54, 1.807) is 11.8 Å². The lowest BCUT2D eigenvalue weighted by Gasteiger charge is -2.20. The van der Waals surface area contributed by atoms with Gasteiger partial charge in [-0.2, -0.15) is 0 Å². The van der Waals surface area contributed by atoms with Gasteiger partial charge in [0.15, 0.2) is 0 Å². The van der Waals surface area contributed by atoms with Crippen molar-refractivity contribution in [3.05, 3.63) is 58.1 Å². The summed E-state index contributed by atoms with van der Waals surface area (Å²) in [5.41, 5.74) is 1.96. The highest BCUT2D eigenvalue weighted by atomic mass is 79.9. The number of benzene rings is 2. The van der Waals surface area contributed by atoms with Gasteiger partial charge in [-0.05, 0) is 37.4 Å². The minimum Gasteiger partial charge on any atom is -0.507 e. The van der Waals surface area contributed by atoms with E-state index < -0.39 is 0 Å². The number of phenols is 1. The van der Waals surface area contributed by atoms with E-state index >= 15 is 0 Å². The van der Waals surface area contributed by atoms with Crippen molar-refractivity contribution < 1.29 is 5.11 Å². The monoisotopic (exact) mass is 379 g/mol. The molecule has 0 saturated carbocycles. The fourth-order valence-electron chi connectivity index (χ4n) is 2.31. The zero-order chi connectivity index (χ0) is 15.9. The molecule has 0 amide bonds. The Kier molecular flexibility index (Phi) is 6.80. The fourth-order valence-corrected chi connectivity index (χ4v) is 3.76. The van der Waals surface area contributed by atoms with Crippen molar-refractivity contribution in [1.82, 2.24) is 4.90 Å². The molecule has 4 heteroatoms. The van der Waals surface area contributed by atoms with Crippen molar-refractivity contribution in [1.29, 1.82) is 0 Å². The maximum absolute atomic E-state index is 10.6. The highest BCUT2D eigenvalue weighted by molar-refractivity contribution is 9.10. The van der Waals surface area contributed by atoms with Gasteiger partial charge in [0.2, 0.25) is 0 Å². The molecule has 0 aromatic heterocycles. The van der Waals surface area contributed by atoms with E-state index in [1.165, 1.54) is 4.90 Å². The molecule has 0 bridgehead atoms. The lowest BCUT2D eigenvalue weighted by atomic mass is 10.1. The van der Waals surface area contributed by atoms with Gasteiger partial charge in [0, 0.05) is 32.8 Å². The summed E-state index contributed by atoms with van der Waals surface area (Å²) in [4.78, 5) is 3.52. The Hall–Kier alpha value is -0.970. The molecular formula is C18H22BrNOS. The van der Waals surface area contributed by atoms with Gasteiger partial charge in [-0.15, -0.1) is 11.8 Å². The second-order valence-corrected chi connectivity index (χ2v) is 7.10. The molecule has 0 aliphatic heterocycles. The Balaban J connectivity index is 2.15. The number of phenolic OH excluding ortho intramolecular Hbond substituents is 1. The van der Waals surface area contributed by atoms with E-state index in [-0.39, 0.29) is 0 Å². The number of nitrogens with zero attached hydrogens (tertiary/aromatic N) is 1. The third-order valence-corrected chi connectivity index (χ3v) is 5.18. The van der Waals surface area contributed by atoms with Crippen LogP contribution in [-0.4, -0.2) is 23.1 Å². The van der Waals surface area contributed by atoms with Crippen molar-refractivity contribution >= 4 is 27.7 Å². The summed E-state index contributed by atoms with van der Waals surface area (Å²) >= 11 is 5.31. The number of hydrogen-bond acceptors (Lipinski definition) is 3. The molecule has 2 nitrogen and oxygen atoms in total. The number of halogens is 1. The van der Waals surface area contributed by atoms with Crippen molar-refractivity contribution in [2.45, 2.75) is 31.0 Å². The average Bonchev–Trinajstić information content (AvgIpc) is 2.54. The molecule has 0 aliphatic carbocycles. The molecule has 0 unspecified atom stereocenters. The van der Waals surface area contributed by atoms with Gasteiger partial charge in [-0.25, -0.2) is 0 Å². The Morgan fingerprint density at radius 1 is 1.05 bits per heavy atom. The predicted octanol–water partition coefficient (Wildman–Crippen LogP) is 5.29. The van der Waals surface area contributed by atoms with Gasteiger partial charge in [-0.1, -0.05) is 48.0 Å². The third-order valence-electron chi connectivity index (χ3n) is 3.66. The molecule has 0 saturated heterocycles. The van der Waals surface area contributed by atoms with Crippen LogP contribution in [0.2, 0.25) is 0 Å². The zero-order valence-electron chi connectivity index (χ0n) is 13.1. The lowest BCUT2D eigenvalue weighted by molar-refractivity contribution is 0.290. The van der Waals surface area contributed by atoms with E-state index in [9.17, 15) is 5.11 Å². The van der Waals surface area contributed by atoms with Crippen LogP contribution in [-0.2, 0) is 12.3 Å². The average molecular weight is 380 g/mol. The Bertz CT molecular complexity index is 600. The summed E-state index contributed by atoms with van der Waals surface area (Å²) in [7, 11) is 0. The predicted molar refractivity (Wildman–Crippen MR) is 98.4 cm³/mol. The van der Waals surface area contributed by atoms with E-state index in [1.807, 2.05) is 30.3 Å². The minimum absolute atomic E-state index is 0.429. The van der Waals surface area contributed by atoms with Crippen LogP contribution in [0.3, 0.4) is 0 Å². The summed E-state index contributed by atoms with van der Waals surface area (Å²) in [6.45, 7) is 7.03. The van der Waals surface area contributed by atoms with Crippen LogP contribution in [0.1, 0.15) is 25.0 Å². The second kappa shape index (κ2) is 8.61. The molecule has 0 radical (unpaired) electrons. The molecular weight excluding hydrogens is 358 g/mol. The fraction of sp³-hybridized carbons (Fsp3) is 0.333. The van der Waals surface area contributed by atoms with Crippen LogP contribution in [0.5, 0.6) is 5.75 Å². The van der Waals surface area contributed by atoms with Gasteiger partial charge in [0.1, 0.15) is 5.75 Å². The van der Waals surface area contributed by atoms with E-state index in [0.29, 0.717) is 5.75 Å². The van der Waals surface area contributed by atoms with Crippen molar-refractivity contribution in [2.75, 3.05) is 13.1 Å². The molecule has 22 heavy (non-hydrogen) atoms. The molecule has 0 spiro atoms. The molecule has 0 fully saturated rings. The minimum atomic E-state index is 0.429. The maximum atomic E-state index is 10.6. The summed E-state index contributed by atoms with van der Waals surface area (Å²) in [6.07, 6.45) is 0. The largest absolute Gasteiger partial charge is 0.507 e. The first kappa shape index (κ1) is 17.4. The Labute approximate surface area is 145 Å². The van der Waals surface area contributed by atoms with Gasteiger partial charge in [-0.3, -0.25) is 4.90 Å². The summed E-state index contributed by atoms with van der Waals surface area (Å²) in [5.74, 6) is 1.19. The normalized spacial score (nSPS) is 11.1. The van der Waals surface area contributed by atoms with E-state index in [0.717, 1.165) is 41.0 Å². The third kappa shape index (κ3) is 4.77. The zero-order valence-corrected chi connectivity index (χ0v) is 15.5. The van der Waals surface area contributed by atoms with Gasteiger partial charge in [0.25, 0.3) is 0 Å². The van der Waals surface area contributed by atoms with Crippen molar-refractivity contribution in [3.63, 3.8) is 0 Å². The number of hydrogen-bond donors (Lipinski definition) is 1. The van der Waals surface area contributed by atoms with Crippen LogP contribution in [0.15, 0.2) is 51.8 Å². The summed E-state index contributed by atoms with van der Waals surface area (Å²) in [6, 6.07) is 14.3. The van der Waals surface area contributed by atoms with Crippen LogP contribution in [0.25, 0.3) is 0 Å². The van der Waals surface area contributed by atoms with E-state index in [2.05, 4.69) is 46.8 Å². The first-order valence-corrected chi connectivity index (χ1v) is 9.32. The van der Waals surface area contributed by atoms with Crippen LogP contribution < -0.4 is 0 Å². The lowest BCUT2D eigenvalue weighted by Crippen LogP contribution is -2.22. The topological polar surface area (TPSA) is 23.5 Å². The molecule has 2 aromatic carbocycles. The Morgan fingerprint density at radius 2 is 1.68 bits per heavy atom. The molecule has 0 atom stereocenters. The number of rotatable bonds is 7. The molecule has 0 heterocycles. The first-order valence-electron chi connectivity index (χ1n) is 7.54. The summed E-state index contributed by atoms with van der Waals surface area (Å²) in [5, 5.41) is 10.6. The van der Waals surface area contributed by atoms with Gasteiger partial charge in [0.05, 0.1) is 0 Å². The second-order valence-electron chi connectivity index (χ2n) is 5.14. The van der Waals surface area contributed by atoms with Crippen molar-refractivity contribution in [3.8, 4) is 5.75 Å². The Morgan fingerprint density at radius 3 is 2.32 bits per heavy atom. The number of aromatic hydroxyl groups is 1. The first-order chi connectivity index (χ1) is 10.6. The van der Waals surface area contributed by atoms with Gasteiger partial charge < -0.3 is 5.11 Å². The van der Waals surface area contributed by atoms with Crippen LogP contribution >= 0.6 is 27.7 Å². The molecule has 1 N–H and O–H groups in total. The van der Waals surface area contributed by atoms with E-state index in [4.69, 9.17) is 0 Å². The van der Waals surface area contributed by atoms with Crippen LogP contribution in [0.4, 0.5) is 0 Å². The van der Waals surface area contributed by atoms with Gasteiger partial charge >= 0.3 is 0 Å². The molecule has 2 aromatic rings. The maximum Gasteiger partial charge on any atom is 0.124 e. The highest BCUT2D eigenvalue weighted by Gasteiger charge is 2.12. The van der Waals surface area contributed by atoms with Crippen molar-refractivity contribution in [2.24, 2.45) is 0 Å².